The Bertz CT molecular complexity index is 1020. The van der Waals surface area contributed by atoms with Crippen LogP contribution in [0.4, 0.5) is 13.6 Å². The number of nitrogens with one attached hydrogen (secondary N) is 3. The Labute approximate surface area is 191 Å². The fraction of sp³-hybridized carbons (Fsp3) is 0.417. The molecule has 4 rings (SSSR count). The maximum atomic E-state index is 12.8. The van der Waals surface area contributed by atoms with Crippen molar-refractivity contribution in [2.24, 2.45) is 0 Å². The van der Waals surface area contributed by atoms with Gasteiger partial charge in [-0.15, -0.1) is 0 Å². The van der Waals surface area contributed by atoms with Crippen LogP contribution in [-0.2, 0) is 6.42 Å². The number of nitrogens with zero attached hydrogens (tertiary/aromatic N) is 2. The van der Waals surface area contributed by atoms with Crippen molar-refractivity contribution in [1.82, 2.24) is 25.5 Å². The molecule has 7 nitrogen and oxygen atoms in total. The number of benzene rings is 2. The van der Waals surface area contributed by atoms with E-state index in [-0.39, 0.29) is 24.7 Å². The number of urea groups is 1. The fourth-order valence-corrected chi connectivity index (χ4v) is 4.19. The zero-order chi connectivity index (χ0) is 23.2. The van der Waals surface area contributed by atoms with E-state index in [4.69, 9.17) is 4.74 Å². The normalized spacial score (nSPS) is 16.1. The molecule has 9 heteroatoms. The second kappa shape index (κ2) is 10.6. The van der Waals surface area contributed by atoms with Gasteiger partial charge < -0.3 is 20.4 Å². The molecule has 0 spiro atoms. The van der Waals surface area contributed by atoms with Gasteiger partial charge in [0.05, 0.1) is 30.7 Å². The Balaban J connectivity index is 1.43. The highest BCUT2D eigenvalue weighted by Crippen LogP contribution is 2.22. The molecule has 0 aliphatic carbocycles. The van der Waals surface area contributed by atoms with E-state index in [1.54, 1.807) is 12.0 Å². The fourth-order valence-electron chi connectivity index (χ4n) is 4.19. The molecule has 3 N–H and O–H groups in total. The van der Waals surface area contributed by atoms with Crippen LogP contribution in [0.2, 0.25) is 0 Å². The molecule has 0 saturated carbocycles. The van der Waals surface area contributed by atoms with Crippen LogP contribution in [0, 0.1) is 0 Å². The molecule has 176 valence electrons. The van der Waals surface area contributed by atoms with Crippen molar-refractivity contribution in [2.75, 3.05) is 26.7 Å². The minimum atomic E-state index is -2.33. The van der Waals surface area contributed by atoms with Crippen LogP contribution in [-0.4, -0.2) is 60.1 Å². The number of imidazole rings is 1. The zero-order valence-corrected chi connectivity index (χ0v) is 18.6. The number of rotatable bonds is 8. The van der Waals surface area contributed by atoms with E-state index in [0.717, 1.165) is 22.3 Å². The Morgan fingerprint density at radius 1 is 1.18 bits per heavy atom. The lowest BCUT2D eigenvalue weighted by molar-refractivity contribution is 0.0736. The lowest BCUT2D eigenvalue weighted by Gasteiger charge is -2.32. The molecule has 1 aliphatic rings. The Hall–Kier alpha value is -3.20. The highest BCUT2D eigenvalue weighted by atomic mass is 19.3. The number of piperidine rings is 1. The number of carbonyl (C=O) groups excluding carboxylic acids is 1. The van der Waals surface area contributed by atoms with Gasteiger partial charge in [-0.05, 0) is 49.1 Å². The van der Waals surface area contributed by atoms with Crippen molar-refractivity contribution in [1.29, 1.82) is 0 Å². The second-order valence-electron chi connectivity index (χ2n) is 8.33. The molecule has 33 heavy (non-hydrogen) atoms. The summed E-state index contributed by atoms with van der Waals surface area (Å²) >= 11 is 0. The van der Waals surface area contributed by atoms with E-state index in [1.807, 2.05) is 48.5 Å². The monoisotopic (exact) mass is 457 g/mol. The molecule has 1 unspecified atom stereocenters. The highest BCUT2D eigenvalue weighted by Gasteiger charge is 2.24. The molecule has 2 amide bonds. The molecule has 2 heterocycles. The number of aromatic amines is 1. The number of para-hydroxylation sites is 2. The van der Waals surface area contributed by atoms with Crippen LogP contribution >= 0.6 is 0 Å². The first kappa shape index (κ1) is 23.0. The number of likely N-dealkylation sites (tertiary alicyclic amines) is 1. The van der Waals surface area contributed by atoms with Crippen molar-refractivity contribution >= 4 is 17.1 Å². The molecule has 0 radical (unpaired) electrons. The lowest BCUT2D eigenvalue weighted by atomic mass is 10.0. The van der Waals surface area contributed by atoms with E-state index >= 15 is 0 Å². The van der Waals surface area contributed by atoms with Gasteiger partial charge in [-0.25, -0.2) is 18.6 Å². The number of fused-ring (bicyclic) bond motifs is 1. The van der Waals surface area contributed by atoms with E-state index in [1.165, 1.54) is 0 Å². The van der Waals surface area contributed by atoms with E-state index in [9.17, 15) is 13.6 Å². The molecule has 1 saturated heterocycles. The van der Waals surface area contributed by atoms with Gasteiger partial charge in [0.2, 0.25) is 0 Å². The number of alkyl halides is 2. The maximum Gasteiger partial charge on any atom is 0.315 e. The van der Waals surface area contributed by atoms with Gasteiger partial charge >= 0.3 is 6.03 Å². The van der Waals surface area contributed by atoms with Crippen molar-refractivity contribution in [3.8, 4) is 5.75 Å². The summed E-state index contributed by atoms with van der Waals surface area (Å²) in [7, 11) is 1.62. The Kier molecular flexibility index (Phi) is 7.39. The number of aromatic nitrogens is 2. The summed E-state index contributed by atoms with van der Waals surface area (Å²) in [6, 6.07) is 14.7. The van der Waals surface area contributed by atoms with Crippen molar-refractivity contribution in [3.63, 3.8) is 0 Å². The van der Waals surface area contributed by atoms with Gasteiger partial charge in [0.1, 0.15) is 11.6 Å². The maximum absolute atomic E-state index is 12.8. The van der Waals surface area contributed by atoms with Crippen molar-refractivity contribution < 1.29 is 18.3 Å². The summed E-state index contributed by atoms with van der Waals surface area (Å²) < 4.78 is 30.4. The first-order valence-corrected chi connectivity index (χ1v) is 11.2. The summed E-state index contributed by atoms with van der Waals surface area (Å²) in [4.78, 5) is 22.6. The summed E-state index contributed by atoms with van der Waals surface area (Å²) in [5.41, 5.74) is 2.77. The molecule has 3 aromatic rings. The smallest absolute Gasteiger partial charge is 0.315 e. The number of carbonyl (C=O) groups is 1. The molecular weight excluding hydrogens is 428 g/mol. The summed E-state index contributed by atoms with van der Waals surface area (Å²) in [5, 5.41) is 6.06. The van der Waals surface area contributed by atoms with Gasteiger partial charge in [-0.3, -0.25) is 4.90 Å². The standard InChI is InChI=1S/C24H29F2N5O2/c1-33-18-8-6-16(7-9-18)14-21(23-28-19-4-2-3-5-20(19)29-23)30-24(32)27-17-10-12-31(13-11-17)15-22(25)26/h2-9,17,21-22H,10-15H2,1H3,(H,28,29)(H2,27,30,32). The number of methoxy groups -OCH3 is 1. The Morgan fingerprint density at radius 2 is 1.91 bits per heavy atom. The van der Waals surface area contributed by atoms with E-state index in [0.29, 0.717) is 38.2 Å². The highest BCUT2D eigenvalue weighted by molar-refractivity contribution is 5.76. The third kappa shape index (κ3) is 6.19. The number of halogens is 2. The third-order valence-electron chi connectivity index (χ3n) is 5.96. The van der Waals surface area contributed by atoms with Gasteiger partial charge in [0.25, 0.3) is 6.43 Å². The average molecular weight is 458 g/mol. The summed E-state index contributed by atoms with van der Waals surface area (Å²) in [6.45, 7) is 0.886. The zero-order valence-electron chi connectivity index (χ0n) is 18.6. The second-order valence-corrected chi connectivity index (χ2v) is 8.33. The first-order chi connectivity index (χ1) is 16.0. The molecular formula is C24H29F2N5O2. The van der Waals surface area contributed by atoms with Crippen LogP contribution in [0.1, 0.15) is 30.3 Å². The van der Waals surface area contributed by atoms with Gasteiger partial charge in [0.15, 0.2) is 0 Å². The van der Waals surface area contributed by atoms with Gasteiger partial charge in [-0.2, -0.15) is 0 Å². The lowest BCUT2D eigenvalue weighted by Crippen LogP contribution is -2.49. The van der Waals surface area contributed by atoms with Gasteiger partial charge in [0, 0.05) is 19.1 Å². The van der Waals surface area contributed by atoms with E-state index in [2.05, 4.69) is 20.6 Å². The molecule has 1 aromatic heterocycles. The minimum Gasteiger partial charge on any atom is -0.497 e. The molecule has 1 atom stereocenters. The predicted molar refractivity (Wildman–Crippen MR) is 123 cm³/mol. The van der Waals surface area contributed by atoms with E-state index < -0.39 is 6.43 Å². The van der Waals surface area contributed by atoms with Crippen LogP contribution < -0.4 is 15.4 Å². The van der Waals surface area contributed by atoms with Crippen LogP contribution in [0.3, 0.4) is 0 Å². The predicted octanol–water partition coefficient (Wildman–Crippen LogP) is 3.88. The molecule has 2 aromatic carbocycles. The van der Waals surface area contributed by atoms with Gasteiger partial charge in [-0.1, -0.05) is 24.3 Å². The van der Waals surface area contributed by atoms with Crippen molar-refractivity contribution in [2.45, 2.75) is 37.8 Å². The minimum absolute atomic E-state index is 0.0452. The van der Waals surface area contributed by atoms with Crippen LogP contribution in [0.25, 0.3) is 11.0 Å². The number of H-pyrrole nitrogens is 1. The average Bonchev–Trinajstić information content (AvgIpc) is 3.24. The van der Waals surface area contributed by atoms with Crippen molar-refractivity contribution in [3.05, 3.63) is 59.9 Å². The summed E-state index contributed by atoms with van der Waals surface area (Å²) in [6.07, 6.45) is -0.494. The summed E-state index contributed by atoms with van der Waals surface area (Å²) in [5.74, 6) is 1.44. The first-order valence-electron chi connectivity index (χ1n) is 11.2. The molecule has 1 fully saturated rings. The number of hydrogen-bond acceptors (Lipinski definition) is 4. The SMILES string of the molecule is COc1ccc(CC(NC(=O)NC2CCN(CC(F)F)CC2)c2nc3ccccc3[nH]2)cc1. The quantitative estimate of drug-likeness (QED) is 0.479. The number of hydrogen-bond donors (Lipinski definition) is 3. The molecule has 0 bridgehead atoms. The molecule has 1 aliphatic heterocycles. The van der Waals surface area contributed by atoms with Crippen LogP contribution in [0.15, 0.2) is 48.5 Å². The van der Waals surface area contributed by atoms with Crippen LogP contribution in [0.5, 0.6) is 5.75 Å². The number of ether oxygens (including phenoxy) is 1. The number of amides is 2. The third-order valence-corrected chi connectivity index (χ3v) is 5.96. The largest absolute Gasteiger partial charge is 0.497 e. The Morgan fingerprint density at radius 3 is 2.58 bits per heavy atom. The topological polar surface area (TPSA) is 82.3 Å².